The second-order valence-electron chi connectivity index (χ2n) is 7.20. The summed E-state index contributed by atoms with van der Waals surface area (Å²) in [5, 5.41) is 33.3. The molecule has 0 saturated heterocycles. The molecule has 0 bridgehead atoms. The summed E-state index contributed by atoms with van der Waals surface area (Å²) in [4.78, 5) is 70.5. The van der Waals surface area contributed by atoms with E-state index in [4.69, 9.17) is 32.5 Å². The molecule has 0 spiro atoms. The summed E-state index contributed by atoms with van der Waals surface area (Å²) < 4.78 is 0. The molecule has 0 rings (SSSR count). The van der Waals surface area contributed by atoms with Crippen molar-refractivity contribution in [3.63, 3.8) is 0 Å². The van der Waals surface area contributed by atoms with Gasteiger partial charge in [0.25, 0.3) is 0 Å². The monoisotopic (exact) mass is 476 g/mol. The number of nitrogens with two attached hydrogens (primary N) is 3. The predicted octanol–water partition coefficient (Wildman–Crippen LogP) is -4.29. The van der Waals surface area contributed by atoms with Crippen LogP contribution in [0.5, 0.6) is 0 Å². The lowest BCUT2D eigenvalue weighted by Crippen LogP contribution is -2.58. The predicted molar refractivity (Wildman–Crippen MR) is 112 cm³/mol. The van der Waals surface area contributed by atoms with Crippen LogP contribution in [0.1, 0.15) is 38.5 Å². The first kappa shape index (κ1) is 29.7. The van der Waals surface area contributed by atoms with Crippen LogP contribution in [0.2, 0.25) is 0 Å². The van der Waals surface area contributed by atoms with Crippen LogP contribution < -0.4 is 33.2 Å². The molecule has 4 unspecified atom stereocenters. The van der Waals surface area contributed by atoms with Gasteiger partial charge >= 0.3 is 11.9 Å². The SMILES string of the molecule is NCCCCC(N)C(=O)NC(CCC(N)=O)C(=O)NC(CC(=O)O)C(=O)NC(CO)C(=O)O. The number of primary amides is 1. The molecule has 0 aliphatic carbocycles. The summed E-state index contributed by atoms with van der Waals surface area (Å²) in [5.74, 6) is -6.78. The van der Waals surface area contributed by atoms with Crippen molar-refractivity contribution < 1.29 is 44.1 Å². The molecule has 15 heteroatoms. The molecule has 0 aromatic rings. The quantitative estimate of drug-likeness (QED) is 0.0905. The van der Waals surface area contributed by atoms with E-state index >= 15 is 0 Å². The lowest BCUT2D eigenvalue weighted by Gasteiger charge is -2.24. The number of hydrogen-bond donors (Lipinski definition) is 9. The van der Waals surface area contributed by atoms with Crippen LogP contribution in [0, 0.1) is 0 Å². The molecule has 0 aromatic heterocycles. The molecule has 0 aliphatic rings. The van der Waals surface area contributed by atoms with E-state index in [1.165, 1.54) is 0 Å². The molecule has 12 N–H and O–H groups in total. The van der Waals surface area contributed by atoms with E-state index in [0.717, 1.165) is 0 Å². The molecule has 4 atom stereocenters. The second-order valence-corrected chi connectivity index (χ2v) is 7.20. The fourth-order valence-electron chi connectivity index (χ4n) is 2.59. The zero-order valence-corrected chi connectivity index (χ0v) is 18.0. The highest BCUT2D eigenvalue weighted by molar-refractivity contribution is 5.95. The summed E-state index contributed by atoms with van der Waals surface area (Å²) in [6.07, 6.45) is -0.0524. The van der Waals surface area contributed by atoms with Gasteiger partial charge in [-0.3, -0.25) is 24.0 Å². The van der Waals surface area contributed by atoms with E-state index < -0.39 is 72.8 Å². The van der Waals surface area contributed by atoms with Gasteiger partial charge in [-0.25, -0.2) is 4.79 Å². The molecular formula is C18H32N6O9. The fourth-order valence-corrected chi connectivity index (χ4v) is 2.59. The van der Waals surface area contributed by atoms with Crippen LogP contribution in [0.4, 0.5) is 0 Å². The summed E-state index contributed by atoms with van der Waals surface area (Å²) >= 11 is 0. The number of rotatable bonds is 17. The van der Waals surface area contributed by atoms with Gasteiger partial charge in [0.2, 0.25) is 23.6 Å². The van der Waals surface area contributed by atoms with Crippen LogP contribution in [-0.4, -0.2) is 88.2 Å². The number of carboxylic acid groups (broad SMARTS) is 2. The Kier molecular flexibility index (Phi) is 13.9. The topological polar surface area (TPSA) is 277 Å². The first-order valence-corrected chi connectivity index (χ1v) is 10.1. The van der Waals surface area contributed by atoms with Crippen molar-refractivity contribution in [2.45, 2.75) is 62.7 Å². The molecule has 0 aromatic carbocycles. The first-order valence-electron chi connectivity index (χ1n) is 10.1. The summed E-state index contributed by atoms with van der Waals surface area (Å²) in [6.45, 7) is -0.571. The van der Waals surface area contributed by atoms with Gasteiger partial charge in [-0.1, -0.05) is 6.42 Å². The van der Waals surface area contributed by atoms with Gasteiger partial charge in [0.05, 0.1) is 19.1 Å². The van der Waals surface area contributed by atoms with Crippen LogP contribution >= 0.6 is 0 Å². The fraction of sp³-hybridized carbons (Fsp3) is 0.667. The average Bonchev–Trinajstić information content (AvgIpc) is 2.73. The maximum Gasteiger partial charge on any atom is 0.328 e. The Hall–Kier alpha value is -3.30. The molecule has 188 valence electrons. The molecule has 0 saturated carbocycles. The number of nitrogens with one attached hydrogen (secondary N) is 3. The van der Waals surface area contributed by atoms with Gasteiger partial charge in [-0.15, -0.1) is 0 Å². The Morgan fingerprint density at radius 2 is 1.33 bits per heavy atom. The summed E-state index contributed by atoms with van der Waals surface area (Å²) in [5.41, 5.74) is 16.2. The van der Waals surface area contributed by atoms with E-state index in [1.54, 1.807) is 0 Å². The van der Waals surface area contributed by atoms with Crippen molar-refractivity contribution in [1.82, 2.24) is 16.0 Å². The highest BCUT2D eigenvalue weighted by Gasteiger charge is 2.31. The Bertz CT molecular complexity index is 718. The van der Waals surface area contributed by atoms with Gasteiger partial charge in [0, 0.05) is 6.42 Å². The lowest BCUT2D eigenvalue weighted by atomic mass is 10.1. The standard InChI is InChI=1S/C18H32N6O9/c19-6-2-1-3-9(20)15(29)22-10(4-5-13(21)26)16(30)23-11(7-14(27)28)17(31)24-12(8-25)18(32)33/h9-12,25H,1-8,19-20H2,(H2,21,26)(H,22,29)(H,23,30)(H,24,31)(H,27,28)(H,32,33). The van der Waals surface area contributed by atoms with E-state index in [-0.39, 0.29) is 19.3 Å². The zero-order chi connectivity index (χ0) is 25.6. The van der Waals surface area contributed by atoms with Crippen molar-refractivity contribution in [3.05, 3.63) is 0 Å². The first-order chi connectivity index (χ1) is 15.4. The number of carbonyl (C=O) groups is 6. The van der Waals surface area contributed by atoms with Crippen molar-refractivity contribution in [3.8, 4) is 0 Å². The number of carbonyl (C=O) groups excluding carboxylic acids is 4. The zero-order valence-electron chi connectivity index (χ0n) is 18.0. The number of aliphatic carboxylic acids is 2. The van der Waals surface area contributed by atoms with Gasteiger partial charge in [0.15, 0.2) is 0 Å². The second kappa shape index (κ2) is 15.5. The highest BCUT2D eigenvalue weighted by atomic mass is 16.4. The molecule has 0 radical (unpaired) electrons. The maximum absolute atomic E-state index is 12.7. The van der Waals surface area contributed by atoms with Crippen LogP contribution in [0.25, 0.3) is 0 Å². The Labute approximate surface area is 189 Å². The number of hydrogen-bond acceptors (Lipinski definition) is 9. The van der Waals surface area contributed by atoms with Gasteiger partial charge in [-0.2, -0.15) is 0 Å². The Balaban J connectivity index is 5.42. The summed E-state index contributed by atoms with van der Waals surface area (Å²) in [7, 11) is 0. The normalized spacial score (nSPS) is 14.3. The van der Waals surface area contributed by atoms with Crippen molar-refractivity contribution in [1.29, 1.82) is 0 Å². The maximum atomic E-state index is 12.7. The summed E-state index contributed by atoms with van der Waals surface area (Å²) in [6, 6.07) is -5.85. The van der Waals surface area contributed by atoms with Gasteiger partial charge in [0.1, 0.15) is 18.1 Å². The Morgan fingerprint density at radius 1 is 0.788 bits per heavy atom. The van der Waals surface area contributed by atoms with Crippen LogP contribution in [-0.2, 0) is 28.8 Å². The number of aliphatic hydroxyl groups is 1. The molecule has 15 nitrogen and oxygen atoms in total. The van der Waals surface area contributed by atoms with E-state index in [9.17, 15) is 28.8 Å². The number of carboxylic acids is 2. The smallest absolute Gasteiger partial charge is 0.328 e. The van der Waals surface area contributed by atoms with Crippen LogP contribution in [0.3, 0.4) is 0 Å². The highest BCUT2D eigenvalue weighted by Crippen LogP contribution is 2.04. The molecule has 0 heterocycles. The third-order valence-corrected chi connectivity index (χ3v) is 4.43. The number of aliphatic hydroxyl groups excluding tert-OH is 1. The minimum Gasteiger partial charge on any atom is -0.481 e. The number of amides is 4. The lowest BCUT2D eigenvalue weighted by molar-refractivity contribution is -0.144. The van der Waals surface area contributed by atoms with Crippen molar-refractivity contribution in [2.75, 3.05) is 13.2 Å². The van der Waals surface area contributed by atoms with Crippen molar-refractivity contribution in [2.24, 2.45) is 17.2 Å². The minimum atomic E-state index is -1.74. The third kappa shape index (κ3) is 12.4. The van der Waals surface area contributed by atoms with Crippen molar-refractivity contribution >= 4 is 35.6 Å². The average molecular weight is 476 g/mol. The Morgan fingerprint density at radius 3 is 1.82 bits per heavy atom. The third-order valence-electron chi connectivity index (χ3n) is 4.43. The largest absolute Gasteiger partial charge is 0.481 e. The molecule has 0 aliphatic heterocycles. The van der Waals surface area contributed by atoms with E-state index in [0.29, 0.717) is 19.4 Å². The molecule has 33 heavy (non-hydrogen) atoms. The molecule has 0 fully saturated rings. The molecular weight excluding hydrogens is 444 g/mol. The van der Waals surface area contributed by atoms with E-state index in [1.807, 2.05) is 5.32 Å². The number of unbranched alkanes of at least 4 members (excludes halogenated alkanes) is 1. The minimum absolute atomic E-state index is 0.266. The van der Waals surface area contributed by atoms with Gasteiger partial charge < -0.3 is 48.5 Å². The van der Waals surface area contributed by atoms with E-state index in [2.05, 4.69) is 10.6 Å². The molecule has 4 amide bonds. The van der Waals surface area contributed by atoms with Crippen LogP contribution in [0.15, 0.2) is 0 Å². The van der Waals surface area contributed by atoms with Gasteiger partial charge in [-0.05, 0) is 25.8 Å².